The molecule has 2 aromatic rings. The third-order valence-electron chi connectivity index (χ3n) is 6.41. The molecular formula is C25H33N. The maximum atomic E-state index is 2.77. The van der Waals surface area contributed by atoms with Crippen molar-refractivity contribution in [3.8, 4) is 11.1 Å². The van der Waals surface area contributed by atoms with Crippen molar-refractivity contribution in [3.05, 3.63) is 59.2 Å². The number of likely N-dealkylation sites (tertiary alicyclic amines) is 1. The van der Waals surface area contributed by atoms with E-state index in [1.54, 1.807) is 11.1 Å². The molecule has 4 rings (SSSR count). The van der Waals surface area contributed by atoms with Crippen molar-refractivity contribution >= 4 is 0 Å². The Balaban J connectivity index is 1.50. The van der Waals surface area contributed by atoms with Crippen LogP contribution in [-0.2, 0) is 19.3 Å². The molecule has 0 spiro atoms. The molecule has 0 saturated carbocycles. The smallest absolute Gasteiger partial charge is 0.0142 e. The molecule has 138 valence electrons. The first-order chi connectivity index (χ1) is 12.6. The minimum absolute atomic E-state index is 0.718. The van der Waals surface area contributed by atoms with Crippen LogP contribution in [0.3, 0.4) is 0 Å². The fourth-order valence-electron chi connectivity index (χ4n) is 5.00. The van der Waals surface area contributed by atoms with E-state index >= 15 is 0 Å². The number of fused-ring (bicyclic) bond motifs is 1. The van der Waals surface area contributed by atoms with E-state index in [1.807, 2.05) is 0 Å². The first-order valence-corrected chi connectivity index (χ1v) is 10.6. The van der Waals surface area contributed by atoms with E-state index < -0.39 is 0 Å². The fraction of sp³-hybridized carbons (Fsp3) is 0.520. The van der Waals surface area contributed by atoms with Crippen molar-refractivity contribution in [2.75, 3.05) is 6.54 Å². The number of nitrogens with zero attached hydrogens (tertiary/aromatic N) is 1. The molecule has 0 amide bonds. The summed E-state index contributed by atoms with van der Waals surface area (Å²) in [6, 6.07) is 18.0. The SMILES string of the molecule is CC(C)Cc1ccc(-c2ccc3c(c2)CCC(N2CCCC2C)C3)cc1. The van der Waals surface area contributed by atoms with Gasteiger partial charge in [-0.15, -0.1) is 0 Å². The van der Waals surface area contributed by atoms with Gasteiger partial charge < -0.3 is 0 Å². The molecule has 1 aliphatic carbocycles. The minimum Gasteiger partial charge on any atom is -0.297 e. The van der Waals surface area contributed by atoms with Gasteiger partial charge in [-0.1, -0.05) is 56.3 Å². The van der Waals surface area contributed by atoms with Gasteiger partial charge in [0.05, 0.1) is 0 Å². The van der Waals surface area contributed by atoms with Crippen LogP contribution in [0.25, 0.3) is 11.1 Å². The molecule has 0 aromatic heterocycles. The van der Waals surface area contributed by atoms with Crippen LogP contribution in [0, 0.1) is 5.92 Å². The van der Waals surface area contributed by atoms with Crippen molar-refractivity contribution < 1.29 is 0 Å². The first kappa shape index (κ1) is 17.8. The van der Waals surface area contributed by atoms with Gasteiger partial charge in [-0.05, 0) is 85.7 Å². The standard InChI is InChI=1S/C25H33N/c1-18(2)15-20-6-8-21(9-7-20)22-10-11-24-17-25(13-12-23(24)16-22)26-14-4-5-19(26)3/h6-11,16,18-19,25H,4-5,12-15,17H2,1-3H3. The molecule has 1 heteroatoms. The highest BCUT2D eigenvalue weighted by Gasteiger charge is 2.30. The van der Waals surface area contributed by atoms with Crippen molar-refractivity contribution in [2.24, 2.45) is 5.92 Å². The van der Waals surface area contributed by atoms with Crippen LogP contribution in [-0.4, -0.2) is 23.5 Å². The van der Waals surface area contributed by atoms with Gasteiger partial charge in [0.1, 0.15) is 0 Å². The van der Waals surface area contributed by atoms with Gasteiger partial charge in [0.2, 0.25) is 0 Å². The molecule has 0 bridgehead atoms. The number of benzene rings is 2. The molecule has 2 aliphatic rings. The summed E-state index contributed by atoms with van der Waals surface area (Å²) in [4.78, 5) is 2.77. The molecule has 26 heavy (non-hydrogen) atoms. The van der Waals surface area contributed by atoms with Crippen LogP contribution >= 0.6 is 0 Å². The Labute approximate surface area is 159 Å². The Morgan fingerprint density at radius 2 is 1.73 bits per heavy atom. The number of hydrogen-bond acceptors (Lipinski definition) is 1. The maximum absolute atomic E-state index is 2.77. The van der Waals surface area contributed by atoms with Crippen LogP contribution < -0.4 is 0 Å². The van der Waals surface area contributed by atoms with Crippen LogP contribution in [0.2, 0.25) is 0 Å². The van der Waals surface area contributed by atoms with Gasteiger partial charge in [0.15, 0.2) is 0 Å². The molecule has 1 heterocycles. The molecule has 1 fully saturated rings. The lowest BCUT2D eigenvalue weighted by Crippen LogP contribution is -2.41. The molecule has 2 unspecified atom stereocenters. The molecule has 2 aromatic carbocycles. The van der Waals surface area contributed by atoms with Crippen LogP contribution in [0.5, 0.6) is 0 Å². The quantitative estimate of drug-likeness (QED) is 0.666. The van der Waals surface area contributed by atoms with Crippen LogP contribution in [0.1, 0.15) is 56.7 Å². The second kappa shape index (κ2) is 7.56. The van der Waals surface area contributed by atoms with Gasteiger partial charge in [0, 0.05) is 12.1 Å². The molecule has 1 saturated heterocycles. The summed E-state index contributed by atoms with van der Waals surface area (Å²) in [6.45, 7) is 8.29. The summed E-state index contributed by atoms with van der Waals surface area (Å²) in [5.41, 5.74) is 7.35. The lowest BCUT2D eigenvalue weighted by atomic mass is 9.85. The summed E-state index contributed by atoms with van der Waals surface area (Å²) < 4.78 is 0. The van der Waals surface area contributed by atoms with Gasteiger partial charge >= 0.3 is 0 Å². The number of rotatable bonds is 4. The molecule has 1 aliphatic heterocycles. The zero-order chi connectivity index (χ0) is 18.1. The van der Waals surface area contributed by atoms with Crippen LogP contribution in [0.15, 0.2) is 42.5 Å². The number of aryl methyl sites for hydroxylation is 1. The highest BCUT2D eigenvalue weighted by Crippen LogP contribution is 2.32. The van der Waals surface area contributed by atoms with Gasteiger partial charge in [-0.2, -0.15) is 0 Å². The molecule has 1 nitrogen and oxygen atoms in total. The third kappa shape index (κ3) is 3.74. The van der Waals surface area contributed by atoms with E-state index in [0.29, 0.717) is 0 Å². The Kier molecular flexibility index (Phi) is 5.18. The Morgan fingerprint density at radius 1 is 0.962 bits per heavy atom. The van der Waals surface area contributed by atoms with Crippen molar-refractivity contribution in [1.82, 2.24) is 4.90 Å². The van der Waals surface area contributed by atoms with Gasteiger partial charge in [0.25, 0.3) is 0 Å². The lowest BCUT2D eigenvalue weighted by Gasteiger charge is -2.35. The largest absolute Gasteiger partial charge is 0.297 e. The highest BCUT2D eigenvalue weighted by molar-refractivity contribution is 5.65. The lowest BCUT2D eigenvalue weighted by molar-refractivity contribution is 0.174. The van der Waals surface area contributed by atoms with E-state index in [1.165, 1.54) is 61.8 Å². The topological polar surface area (TPSA) is 3.24 Å². The third-order valence-corrected chi connectivity index (χ3v) is 6.41. The second-order valence-corrected chi connectivity index (χ2v) is 8.90. The Hall–Kier alpha value is -1.60. The molecule has 0 N–H and O–H groups in total. The first-order valence-electron chi connectivity index (χ1n) is 10.6. The van der Waals surface area contributed by atoms with E-state index in [9.17, 15) is 0 Å². The van der Waals surface area contributed by atoms with E-state index in [-0.39, 0.29) is 0 Å². The second-order valence-electron chi connectivity index (χ2n) is 8.90. The average Bonchev–Trinajstić information content (AvgIpc) is 3.07. The van der Waals surface area contributed by atoms with Crippen molar-refractivity contribution in [1.29, 1.82) is 0 Å². The summed E-state index contributed by atoms with van der Waals surface area (Å²) in [6.07, 6.45) is 7.75. The molecule has 0 radical (unpaired) electrons. The van der Waals surface area contributed by atoms with E-state index in [0.717, 1.165) is 18.0 Å². The molecule has 2 atom stereocenters. The van der Waals surface area contributed by atoms with Gasteiger partial charge in [-0.3, -0.25) is 4.90 Å². The predicted molar refractivity (Wildman–Crippen MR) is 112 cm³/mol. The maximum Gasteiger partial charge on any atom is 0.0142 e. The fourth-order valence-corrected chi connectivity index (χ4v) is 5.00. The van der Waals surface area contributed by atoms with Crippen molar-refractivity contribution in [3.63, 3.8) is 0 Å². The zero-order valence-corrected chi connectivity index (χ0v) is 16.7. The monoisotopic (exact) mass is 347 g/mol. The zero-order valence-electron chi connectivity index (χ0n) is 16.7. The molecular weight excluding hydrogens is 314 g/mol. The Bertz CT molecular complexity index is 743. The predicted octanol–water partition coefficient (Wildman–Crippen LogP) is 5.89. The average molecular weight is 348 g/mol. The van der Waals surface area contributed by atoms with Crippen LogP contribution in [0.4, 0.5) is 0 Å². The van der Waals surface area contributed by atoms with Gasteiger partial charge in [-0.25, -0.2) is 0 Å². The normalized spacial score (nSPS) is 23.4. The minimum atomic E-state index is 0.718. The number of hydrogen-bond donors (Lipinski definition) is 0. The summed E-state index contributed by atoms with van der Waals surface area (Å²) >= 11 is 0. The van der Waals surface area contributed by atoms with E-state index in [2.05, 4.69) is 68.1 Å². The van der Waals surface area contributed by atoms with Crippen molar-refractivity contribution in [2.45, 2.75) is 71.4 Å². The van der Waals surface area contributed by atoms with E-state index in [4.69, 9.17) is 0 Å². The summed E-state index contributed by atoms with van der Waals surface area (Å²) in [7, 11) is 0. The summed E-state index contributed by atoms with van der Waals surface area (Å²) in [5, 5.41) is 0. The highest BCUT2D eigenvalue weighted by atomic mass is 15.2. The summed E-state index contributed by atoms with van der Waals surface area (Å²) in [5.74, 6) is 0.718. The Morgan fingerprint density at radius 3 is 2.42 bits per heavy atom.